The van der Waals surface area contributed by atoms with Crippen LogP contribution in [0.4, 0.5) is 0 Å². The van der Waals surface area contributed by atoms with Crippen LogP contribution >= 0.6 is 0 Å². The molecule has 0 unspecified atom stereocenters. The minimum absolute atomic E-state index is 0.137. The summed E-state index contributed by atoms with van der Waals surface area (Å²) in [6.45, 7) is 3.25. The molecule has 2 fully saturated rings. The molecule has 1 spiro atoms. The lowest BCUT2D eigenvalue weighted by atomic mass is 9.85. The van der Waals surface area contributed by atoms with Crippen LogP contribution in [0.3, 0.4) is 0 Å². The Hall–Kier alpha value is -1.47. The standard InChI is InChI=1S/C16H23N3O3S/c1-2-23(21,22)18-10-7-16(8-11-18)6-5-15(20)19(16)13-14-4-3-9-17-12-14/h3-4,9,12H,2,5-8,10-11,13H2,1H3. The molecular formula is C16H23N3O3S. The third kappa shape index (κ3) is 3.12. The van der Waals surface area contributed by atoms with Gasteiger partial charge in [-0.25, -0.2) is 12.7 Å². The molecule has 3 rings (SSSR count). The monoisotopic (exact) mass is 337 g/mol. The van der Waals surface area contributed by atoms with Crippen LogP contribution in [0.15, 0.2) is 24.5 Å². The molecule has 1 aromatic rings. The van der Waals surface area contributed by atoms with E-state index in [0.717, 1.165) is 24.8 Å². The van der Waals surface area contributed by atoms with E-state index in [2.05, 4.69) is 4.98 Å². The maximum Gasteiger partial charge on any atom is 0.223 e. The van der Waals surface area contributed by atoms with Crippen molar-refractivity contribution in [1.82, 2.24) is 14.2 Å². The Balaban J connectivity index is 1.75. The number of aromatic nitrogens is 1. The summed E-state index contributed by atoms with van der Waals surface area (Å²) in [6.07, 6.45) is 6.33. The fourth-order valence-corrected chi connectivity index (χ4v) is 4.79. The highest BCUT2D eigenvalue weighted by Crippen LogP contribution is 2.40. The van der Waals surface area contributed by atoms with E-state index in [-0.39, 0.29) is 17.2 Å². The van der Waals surface area contributed by atoms with E-state index in [0.29, 0.717) is 26.1 Å². The molecule has 2 aliphatic heterocycles. The second kappa shape index (κ2) is 6.20. The minimum atomic E-state index is -3.14. The normalized spacial score (nSPS) is 22.0. The zero-order valence-corrected chi connectivity index (χ0v) is 14.3. The second-order valence-corrected chi connectivity index (χ2v) is 8.62. The Labute approximate surface area is 137 Å². The first-order valence-corrected chi connectivity index (χ1v) is 9.75. The summed E-state index contributed by atoms with van der Waals surface area (Å²) in [5, 5.41) is 0. The van der Waals surface area contributed by atoms with E-state index in [1.165, 1.54) is 0 Å². The van der Waals surface area contributed by atoms with Gasteiger partial charge in [-0.15, -0.1) is 0 Å². The quantitative estimate of drug-likeness (QED) is 0.832. The largest absolute Gasteiger partial charge is 0.333 e. The van der Waals surface area contributed by atoms with E-state index < -0.39 is 10.0 Å². The fourth-order valence-electron chi connectivity index (χ4n) is 3.69. The zero-order chi connectivity index (χ0) is 16.5. The van der Waals surface area contributed by atoms with Crippen molar-refractivity contribution in [2.24, 2.45) is 0 Å². The predicted octanol–water partition coefficient (Wildman–Crippen LogP) is 1.39. The average molecular weight is 337 g/mol. The van der Waals surface area contributed by atoms with Gasteiger partial charge in [-0.05, 0) is 37.8 Å². The molecule has 6 nitrogen and oxygen atoms in total. The lowest BCUT2D eigenvalue weighted by Gasteiger charge is -2.44. The first-order chi connectivity index (χ1) is 11.0. The van der Waals surface area contributed by atoms with E-state index in [9.17, 15) is 13.2 Å². The van der Waals surface area contributed by atoms with Crippen LogP contribution in [0.25, 0.3) is 0 Å². The number of hydrogen-bond acceptors (Lipinski definition) is 4. The summed E-state index contributed by atoms with van der Waals surface area (Å²) >= 11 is 0. The molecule has 2 saturated heterocycles. The molecular weight excluding hydrogens is 314 g/mol. The number of nitrogens with zero attached hydrogens (tertiary/aromatic N) is 3. The van der Waals surface area contributed by atoms with Crippen molar-refractivity contribution in [3.05, 3.63) is 30.1 Å². The van der Waals surface area contributed by atoms with Gasteiger partial charge in [0.1, 0.15) is 0 Å². The number of piperidine rings is 1. The summed E-state index contributed by atoms with van der Waals surface area (Å²) in [5.41, 5.74) is 0.831. The smallest absolute Gasteiger partial charge is 0.223 e. The second-order valence-electron chi connectivity index (χ2n) is 6.37. The van der Waals surface area contributed by atoms with Gasteiger partial charge in [-0.2, -0.15) is 0 Å². The molecule has 23 heavy (non-hydrogen) atoms. The summed E-state index contributed by atoms with van der Waals surface area (Å²) in [7, 11) is -3.14. The number of hydrogen-bond donors (Lipinski definition) is 0. The lowest BCUT2D eigenvalue weighted by Crippen LogP contribution is -2.54. The van der Waals surface area contributed by atoms with E-state index >= 15 is 0 Å². The number of likely N-dealkylation sites (tertiary alicyclic amines) is 1. The SMILES string of the molecule is CCS(=O)(=O)N1CCC2(CCC(=O)N2Cc2cccnc2)CC1. The van der Waals surface area contributed by atoms with Crippen LogP contribution in [-0.2, 0) is 21.4 Å². The molecule has 1 aromatic heterocycles. The van der Waals surface area contributed by atoms with Crippen LogP contribution < -0.4 is 0 Å². The van der Waals surface area contributed by atoms with Crippen molar-refractivity contribution in [3.63, 3.8) is 0 Å². The van der Waals surface area contributed by atoms with Crippen molar-refractivity contribution in [2.75, 3.05) is 18.8 Å². The van der Waals surface area contributed by atoms with Crippen molar-refractivity contribution in [1.29, 1.82) is 0 Å². The minimum Gasteiger partial charge on any atom is -0.333 e. The van der Waals surface area contributed by atoms with Crippen LogP contribution in [-0.4, -0.2) is 52.9 Å². The van der Waals surface area contributed by atoms with Gasteiger partial charge in [0.25, 0.3) is 0 Å². The molecule has 1 amide bonds. The molecule has 3 heterocycles. The van der Waals surface area contributed by atoms with Crippen LogP contribution in [0.2, 0.25) is 0 Å². The van der Waals surface area contributed by atoms with Crippen molar-refractivity contribution in [2.45, 2.75) is 44.7 Å². The Morgan fingerprint density at radius 2 is 2.00 bits per heavy atom. The predicted molar refractivity (Wildman–Crippen MR) is 87.0 cm³/mol. The van der Waals surface area contributed by atoms with Crippen LogP contribution in [0, 0.1) is 0 Å². The molecule has 0 aromatic carbocycles. The number of sulfonamides is 1. The lowest BCUT2D eigenvalue weighted by molar-refractivity contribution is -0.133. The van der Waals surface area contributed by atoms with Crippen molar-refractivity contribution >= 4 is 15.9 Å². The topological polar surface area (TPSA) is 70.6 Å². The molecule has 126 valence electrons. The Kier molecular flexibility index (Phi) is 4.42. The van der Waals surface area contributed by atoms with Gasteiger partial charge in [0, 0.05) is 44.0 Å². The number of carbonyl (C=O) groups is 1. The number of carbonyl (C=O) groups excluding carboxylic acids is 1. The molecule has 0 bridgehead atoms. The molecule has 0 N–H and O–H groups in total. The Morgan fingerprint density at radius 3 is 2.61 bits per heavy atom. The first kappa shape index (κ1) is 16.4. The highest BCUT2D eigenvalue weighted by atomic mass is 32.2. The number of amides is 1. The van der Waals surface area contributed by atoms with Gasteiger partial charge in [0.2, 0.25) is 15.9 Å². The fraction of sp³-hybridized carbons (Fsp3) is 0.625. The van der Waals surface area contributed by atoms with Crippen LogP contribution in [0.1, 0.15) is 38.2 Å². The molecule has 0 radical (unpaired) electrons. The molecule has 0 atom stereocenters. The summed E-state index contributed by atoms with van der Waals surface area (Å²) in [4.78, 5) is 18.4. The molecule has 0 saturated carbocycles. The van der Waals surface area contributed by atoms with E-state index in [1.54, 1.807) is 23.6 Å². The molecule has 2 aliphatic rings. The Bertz CT molecular complexity index is 667. The van der Waals surface area contributed by atoms with Gasteiger partial charge in [-0.1, -0.05) is 6.07 Å². The maximum atomic E-state index is 12.4. The van der Waals surface area contributed by atoms with Crippen molar-refractivity contribution in [3.8, 4) is 0 Å². The molecule has 0 aliphatic carbocycles. The first-order valence-electron chi connectivity index (χ1n) is 8.14. The van der Waals surface area contributed by atoms with Gasteiger partial charge in [-0.3, -0.25) is 9.78 Å². The zero-order valence-electron chi connectivity index (χ0n) is 13.4. The number of pyridine rings is 1. The Morgan fingerprint density at radius 1 is 1.26 bits per heavy atom. The van der Waals surface area contributed by atoms with E-state index in [1.807, 2.05) is 17.0 Å². The molecule has 7 heteroatoms. The average Bonchev–Trinajstić information content (AvgIpc) is 2.86. The highest BCUT2D eigenvalue weighted by Gasteiger charge is 2.47. The summed E-state index contributed by atoms with van der Waals surface area (Å²) < 4.78 is 25.6. The van der Waals surface area contributed by atoms with Crippen LogP contribution in [0.5, 0.6) is 0 Å². The highest BCUT2D eigenvalue weighted by molar-refractivity contribution is 7.89. The third-order valence-electron chi connectivity index (χ3n) is 5.15. The van der Waals surface area contributed by atoms with Gasteiger partial charge in [0.05, 0.1) is 5.75 Å². The van der Waals surface area contributed by atoms with Gasteiger partial charge >= 0.3 is 0 Å². The summed E-state index contributed by atoms with van der Waals surface area (Å²) in [5.74, 6) is 0.305. The van der Waals surface area contributed by atoms with E-state index in [4.69, 9.17) is 0 Å². The van der Waals surface area contributed by atoms with Gasteiger partial charge < -0.3 is 4.90 Å². The number of rotatable bonds is 4. The van der Waals surface area contributed by atoms with Gasteiger partial charge in [0.15, 0.2) is 0 Å². The maximum absolute atomic E-state index is 12.4. The third-order valence-corrected chi connectivity index (χ3v) is 7.03. The summed E-state index contributed by atoms with van der Waals surface area (Å²) in [6, 6.07) is 3.85. The van der Waals surface area contributed by atoms with Crippen molar-refractivity contribution < 1.29 is 13.2 Å².